The molecule has 2 aromatic rings. The molecular formula is C21H32IN7. The highest BCUT2D eigenvalue weighted by Gasteiger charge is 2.29. The maximum absolute atomic E-state index is 4.71. The number of aryl methyl sites for hydroxylation is 1. The Balaban J connectivity index is 0.00000300. The van der Waals surface area contributed by atoms with E-state index in [1.165, 1.54) is 5.56 Å². The zero-order valence-corrected chi connectivity index (χ0v) is 19.8. The Kier molecular flexibility index (Phi) is 9.09. The Morgan fingerprint density at radius 3 is 2.72 bits per heavy atom. The SMILES string of the molecule is C=CCNC(=NCc1nnc(C)n1C)NC1CC(C)N(Cc2ccccc2)C1.I. The van der Waals surface area contributed by atoms with Crippen molar-refractivity contribution in [3.63, 3.8) is 0 Å². The van der Waals surface area contributed by atoms with Crippen molar-refractivity contribution in [3.05, 3.63) is 60.2 Å². The molecule has 2 N–H and O–H groups in total. The number of rotatable bonds is 7. The van der Waals surface area contributed by atoms with E-state index in [1.54, 1.807) is 0 Å². The van der Waals surface area contributed by atoms with Crippen molar-refractivity contribution in [3.8, 4) is 0 Å². The van der Waals surface area contributed by atoms with Crippen LogP contribution >= 0.6 is 24.0 Å². The maximum Gasteiger partial charge on any atom is 0.192 e. The summed E-state index contributed by atoms with van der Waals surface area (Å²) in [5.41, 5.74) is 1.35. The number of hydrogen-bond acceptors (Lipinski definition) is 4. The Bertz CT molecular complexity index is 803. The van der Waals surface area contributed by atoms with Crippen LogP contribution in [0.5, 0.6) is 0 Å². The van der Waals surface area contributed by atoms with Gasteiger partial charge in [0.2, 0.25) is 0 Å². The number of guanidine groups is 1. The summed E-state index contributed by atoms with van der Waals surface area (Å²) in [6.45, 7) is 11.1. The number of nitrogens with one attached hydrogen (secondary N) is 2. The largest absolute Gasteiger partial charge is 0.353 e. The monoisotopic (exact) mass is 509 g/mol. The van der Waals surface area contributed by atoms with Crippen molar-refractivity contribution in [2.45, 2.75) is 45.4 Å². The van der Waals surface area contributed by atoms with Crippen molar-refractivity contribution in [1.29, 1.82) is 0 Å². The van der Waals surface area contributed by atoms with Crippen molar-refractivity contribution >= 4 is 29.9 Å². The highest BCUT2D eigenvalue weighted by molar-refractivity contribution is 14.0. The average molecular weight is 509 g/mol. The molecule has 1 fully saturated rings. The average Bonchev–Trinajstić information content (AvgIpc) is 3.20. The number of halogens is 1. The summed E-state index contributed by atoms with van der Waals surface area (Å²) in [4.78, 5) is 7.23. The molecule has 2 unspecified atom stereocenters. The minimum atomic E-state index is 0. The summed E-state index contributed by atoms with van der Waals surface area (Å²) in [5.74, 6) is 2.53. The molecule has 158 valence electrons. The molecule has 1 aromatic heterocycles. The second-order valence-electron chi connectivity index (χ2n) is 7.40. The van der Waals surface area contributed by atoms with Crippen LogP contribution in [-0.4, -0.2) is 50.8 Å². The molecular weight excluding hydrogens is 477 g/mol. The number of aliphatic imine (C=N–C) groups is 1. The van der Waals surface area contributed by atoms with Gasteiger partial charge in [-0.2, -0.15) is 0 Å². The van der Waals surface area contributed by atoms with Gasteiger partial charge in [-0.15, -0.1) is 40.8 Å². The molecule has 0 amide bonds. The molecule has 0 saturated carbocycles. The molecule has 2 heterocycles. The molecule has 3 rings (SSSR count). The number of nitrogens with zero attached hydrogens (tertiary/aromatic N) is 5. The molecule has 1 aromatic carbocycles. The quantitative estimate of drug-likeness (QED) is 0.260. The molecule has 8 heteroatoms. The van der Waals surface area contributed by atoms with Gasteiger partial charge in [0, 0.05) is 38.8 Å². The number of hydrogen-bond donors (Lipinski definition) is 2. The number of aromatic nitrogens is 3. The second kappa shape index (κ2) is 11.3. The molecule has 0 spiro atoms. The molecule has 1 aliphatic rings. The first-order valence-corrected chi connectivity index (χ1v) is 9.85. The molecule has 0 radical (unpaired) electrons. The van der Waals surface area contributed by atoms with E-state index in [1.807, 2.05) is 24.6 Å². The lowest BCUT2D eigenvalue weighted by Gasteiger charge is -2.21. The van der Waals surface area contributed by atoms with Gasteiger partial charge < -0.3 is 15.2 Å². The van der Waals surface area contributed by atoms with Crippen LogP contribution in [-0.2, 0) is 20.1 Å². The molecule has 0 bridgehead atoms. The predicted octanol–water partition coefficient (Wildman–Crippen LogP) is 2.63. The highest BCUT2D eigenvalue weighted by atomic mass is 127. The Morgan fingerprint density at radius 2 is 2.07 bits per heavy atom. The van der Waals surface area contributed by atoms with Gasteiger partial charge in [0.05, 0.1) is 0 Å². The summed E-state index contributed by atoms with van der Waals surface area (Å²) in [5, 5.41) is 15.2. The van der Waals surface area contributed by atoms with Crippen molar-refractivity contribution in [2.75, 3.05) is 13.1 Å². The van der Waals surface area contributed by atoms with E-state index in [-0.39, 0.29) is 24.0 Å². The first-order chi connectivity index (χ1) is 13.6. The Hall–Kier alpha value is -1.94. The van der Waals surface area contributed by atoms with Gasteiger partial charge in [-0.05, 0) is 25.8 Å². The molecule has 7 nitrogen and oxygen atoms in total. The summed E-state index contributed by atoms with van der Waals surface area (Å²) in [7, 11) is 1.96. The van der Waals surface area contributed by atoms with Crippen LogP contribution in [0.15, 0.2) is 48.0 Å². The van der Waals surface area contributed by atoms with E-state index < -0.39 is 0 Å². The third-order valence-electron chi connectivity index (χ3n) is 5.25. The minimum Gasteiger partial charge on any atom is -0.353 e. The summed E-state index contributed by atoms with van der Waals surface area (Å²) in [6, 6.07) is 11.5. The lowest BCUT2D eigenvalue weighted by Crippen LogP contribution is -2.44. The standard InChI is InChI=1S/C21H31N7.HI/c1-5-11-22-21(23-13-20-26-25-17(3)27(20)4)24-19-12-16(2)28(15-19)14-18-9-7-6-8-10-18;/h5-10,16,19H,1,11-15H2,2-4H3,(H2,22,23,24);1H. The topological polar surface area (TPSA) is 70.4 Å². The molecule has 1 aliphatic heterocycles. The second-order valence-corrected chi connectivity index (χ2v) is 7.40. The van der Waals surface area contributed by atoms with Crippen LogP contribution in [0, 0.1) is 6.92 Å². The van der Waals surface area contributed by atoms with E-state index in [0.29, 0.717) is 25.2 Å². The van der Waals surface area contributed by atoms with Gasteiger partial charge in [0.25, 0.3) is 0 Å². The molecule has 0 aliphatic carbocycles. The number of likely N-dealkylation sites (tertiary alicyclic amines) is 1. The Labute approximate surface area is 190 Å². The summed E-state index contributed by atoms with van der Waals surface area (Å²) >= 11 is 0. The fourth-order valence-electron chi connectivity index (χ4n) is 3.49. The first kappa shape index (κ1) is 23.3. The predicted molar refractivity (Wildman–Crippen MR) is 128 cm³/mol. The van der Waals surface area contributed by atoms with Crippen LogP contribution in [0.3, 0.4) is 0 Å². The van der Waals surface area contributed by atoms with Crippen LogP contribution < -0.4 is 10.6 Å². The molecule has 29 heavy (non-hydrogen) atoms. The smallest absolute Gasteiger partial charge is 0.192 e. The first-order valence-electron chi connectivity index (χ1n) is 9.85. The van der Waals surface area contributed by atoms with E-state index in [2.05, 4.69) is 69.6 Å². The third-order valence-corrected chi connectivity index (χ3v) is 5.25. The zero-order valence-electron chi connectivity index (χ0n) is 17.5. The maximum atomic E-state index is 4.71. The summed E-state index contributed by atoms with van der Waals surface area (Å²) in [6.07, 6.45) is 2.92. The van der Waals surface area contributed by atoms with Gasteiger partial charge in [-0.3, -0.25) is 4.90 Å². The van der Waals surface area contributed by atoms with Crippen molar-refractivity contribution in [1.82, 2.24) is 30.3 Å². The van der Waals surface area contributed by atoms with Crippen LogP contribution in [0.2, 0.25) is 0 Å². The van der Waals surface area contributed by atoms with E-state index in [0.717, 1.165) is 37.1 Å². The van der Waals surface area contributed by atoms with E-state index >= 15 is 0 Å². The fourth-order valence-corrected chi connectivity index (χ4v) is 3.49. The van der Waals surface area contributed by atoms with Gasteiger partial charge in [0.1, 0.15) is 12.4 Å². The van der Waals surface area contributed by atoms with Gasteiger partial charge in [-0.25, -0.2) is 4.99 Å². The van der Waals surface area contributed by atoms with Gasteiger partial charge in [-0.1, -0.05) is 36.4 Å². The number of benzene rings is 1. The van der Waals surface area contributed by atoms with Gasteiger partial charge >= 0.3 is 0 Å². The lowest BCUT2D eigenvalue weighted by atomic mass is 10.2. The van der Waals surface area contributed by atoms with Crippen LogP contribution in [0.25, 0.3) is 0 Å². The van der Waals surface area contributed by atoms with Crippen LogP contribution in [0.1, 0.15) is 30.6 Å². The Morgan fingerprint density at radius 1 is 1.31 bits per heavy atom. The van der Waals surface area contributed by atoms with Gasteiger partial charge in [0.15, 0.2) is 11.8 Å². The third kappa shape index (κ3) is 6.53. The molecule has 2 atom stereocenters. The summed E-state index contributed by atoms with van der Waals surface area (Å²) < 4.78 is 1.97. The lowest BCUT2D eigenvalue weighted by molar-refractivity contribution is 0.258. The minimum absolute atomic E-state index is 0. The van der Waals surface area contributed by atoms with E-state index in [9.17, 15) is 0 Å². The van der Waals surface area contributed by atoms with Crippen LogP contribution in [0.4, 0.5) is 0 Å². The van der Waals surface area contributed by atoms with Crippen molar-refractivity contribution < 1.29 is 0 Å². The zero-order chi connectivity index (χ0) is 19.9. The highest BCUT2D eigenvalue weighted by Crippen LogP contribution is 2.20. The fraction of sp³-hybridized carbons (Fsp3) is 0.476. The normalized spacial score (nSPS) is 19.6. The van der Waals surface area contributed by atoms with Crippen molar-refractivity contribution in [2.24, 2.45) is 12.0 Å². The van der Waals surface area contributed by atoms with E-state index in [4.69, 9.17) is 4.99 Å². The molecule has 1 saturated heterocycles.